The van der Waals surface area contributed by atoms with Gasteiger partial charge < -0.3 is 10.6 Å². The molecule has 0 aliphatic rings. The minimum atomic E-state index is -0.206. The molecular weight excluding hydrogens is 224 g/mol. The maximum Gasteiger partial charge on any atom is 0.239 e. The van der Waals surface area contributed by atoms with Gasteiger partial charge in [-0.3, -0.25) is 9.59 Å². The van der Waals surface area contributed by atoms with E-state index < -0.39 is 0 Å². The Morgan fingerprint density at radius 3 is 2.50 bits per heavy atom. The molecule has 0 saturated carbocycles. The second-order valence-electron chi connectivity index (χ2n) is 2.27. The Morgan fingerprint density at radius 2 is 2.08 bits per heavy atom. The summed E-state index contributed by atoms with van der Waals surface area (Å²) in [6, 6.07) is 0. The molecule has 0 aromatic carbocycles. The maximum atomic E-state index is 11.1. The van der Waals surface area contributed by atoms with Gasteiger partial charge >= 0.3 is 0 Å². The van der Waals surface area contributed by atoms with Gasteiger partial charge in [-0.2, -0.15) is 0 Å². The molecule has 70 valence electrons. The molecule has 0 heterocycles. The highest BCUT2D eigenvalue weighted by Crippen LogP contribution is 2.02. The summed E-state index contributed by atoms with van der Waals surface area (Å²) in [5.41, 5.74) is 0. The summed E-state index contributed by atoms with van der Waals surface area (Å²) in [6.45, 7) is 1.93. The molecular formula is C7H13BrN2O2. The summed E-state index contributed by atoms with van der Waals surface area (Å²) in [5, 5.41) is 4.89. The summed E-state index contributed by atoms with van der Waals surface area (Å²) in [7, 11) is 1.53. The van der Waals surface area contributed by atoms with E-state index in [2.05, 4.69) is 26.6 Å². The third kappa shape index (κ3) is 4.33. The molecule has 0 rings (SSSR count). The molecule has 5 heteroatoms. The first-order valence-electron chi connectivity index (χ1n) is 3.74. The Labute approximate surface area is 80.2 Å². The van der Waals surface area contributed by atoms with Crippen LogP contribution in [0.25, 0.3) is 0 Å². The summed E-state index contributed by atoms with van der Waals surface area (Å²) in [5.74, 6) is -0.347. The molecule has 1 unspecified atom stereocenters. The van der Waals surface area contributed by atoms with Crippen LogP contribution in [0, 0.1) is 0 Å². The lowest BCUT2D eigenvalue weighted by atomic mass is 10.3. The van der Waals surface area contributed by atoms with Crippen molar-refractivity contribution in [2.45, 2.75) is 18.2 Å². The number of hydrogen-bond acceptors (Lipinski definition) is 2. The Hall–Kier alpha value is -0.580. The quantitative estimate of drug-likeness (QED) is 0.677. The third-order valence-electron chi connectivity index (χ3n) is 1.34. The van der Waals surface area contributed by atoms with Crippen LogP contribution < -0.4 is 10.6 Å². The molecule has 12 heavy (non-hydrogen) atoms. The van der Waals surface area contributed by atoms with Crippen molar-refractivity contribution < 1.29 is 9.59 Å². The average Bonchev–Trinajstić information content (AvgIpc) is 2.11. The summed E-state index contributed by atoms with van der Waals surface area (Å²) in [4.78, 5) is 21.5. The van der Waals surface area contributed by atoms with E-state index >= 15 is 0 Å². The first-order chi connectivity index (χ1) is 5.61. The van der Waals surface area contributed by atoms with Crippen LogP contribution in [-0.4, -0.2) is 30.2 Å². The van der Waals surface area contributed by atoms with Crippen LogP contribution in [0.1, 0.15) is 13.3 Å². The molecule has 0 spiro atoms. The normalized spacial score (nSPS) is 11.9. The predicted octanol–water partition coefficient (Wildman–Crippen LogP) is 0.0221. The largest absolute Gasteiger partial charge is 0.358 e. The van der Waals surface area contributed by atoms with Crippen LogP contribution in [0.3, 0.4) is 0 Å². The molecule has 0 aromatic rings. The fourth-order valence-corrected chi connectivity index (χ4v) is 0.714. The van der Waals surface area contributed by atoms with Crippen molar-refractivity contribution in [2.24, 2.45) is 0 Å². The number of halogens is 1. The number of likely N-dealkylation sites (N-methyl/N-ethyl adjacent to an activating group) is 1. The van der Waals surface area contributed by atoms with Gasteiger partial charge in [0.2, 0.25) is 11.8 Å². The number of nitrogens with one attached hydrogen (secondary N) is 2. The van der Waals surface area contributed by atoms with Crippen molar-refractivity contribution in [1.29, 1.82) is 0 Å². The molecule has 2 amide bonds. The number of alkyl halides is 1. The molecule has 0 aromatic heterocycles. The van der Waals surface area contributed by atoms with Crippen molar-refractivity contribution in [3.63, 3.8) is 0 Å². The van der Waals surface area contributed by atoms with Crippen LogP contribution >= 0.6 is 15.9 Å². The summed E-state index contributed by atoms with van der Waals surface area (Å²) < 4.78 is 0. The van der Waals surface area contributed by atoms with E-state index in [0.29, 0.717) is 6.42 Å². The van der Waals surface area contributed by atoms with E-state index in [0.717, 1.165) is 0 Å². The number of hydrogen-bond donors (Lipinski definition) is 2. The second kappa shape index (κ2) is 5.99. The van der Waals surface area contributed by atoms with Gasteiger partial charge in [0.05, 0.1) is 11.4 Å². The molecule has 2 N–H and O–H groups in total. The minimum absolute atomic E-state index is 0.0391. The van der Waals surface area contributed by atoms with Gasteiger partial charge in [-0.1, -0.05) is 22.9 Å². The van der Waals surface area contributed by atoms with Gasteiger partial charge in [0.25, 0.3) is 0 Å². The Morgan fingerprint density at radius 1 is 1.50 bits per heavy atom. The summed E-state index contributed by atoms with van der Waals surface area (Å²) >= 11 is 3.17. The first kappa shape index (κ1) is 11.4. The minimum Gasteiger partial charge on any atom is -0.358 e. The van der Waals surface area contributed by atoms with Gasteiger partial charge in [-0.05, 0) is 6.42 Å². The zero-order chi connectivity index (χ0) is 9.56. The Bertz CT molecular complexity index is 173. The lowest BCUT2D eigenvalue weighted by molar-refractivity contribution is -0.125. The maximum absolute atomic E-state index is 11.1. The molecule has 0 saturated heterocycles. The van der Waals surface area contributed by atoms with Crippen LogP contribution in [0.15, 0.2) is 0 Å². The zero-order valence-electron chi connectivity index (χ0n) is 7.19. The number of rotatable bonds is 4. The third-order valence-corrected chi connectivity index (χ3v) is 2.41. The van der Waals surface area contributed by atoms with E-state index in [-0.39, 0.29) is 23.2 Å². The number of amides is 2. The molecule has 0 fully saturated rings. The predicted molar refractivity (Wildman–Crippen MR) is 50.1 cm³/mol. The van der Waals surface area contributed by atoms with Crippen LogP contribution in [0.4, 0.5) is 0 Å². The second-order valence-corrected chi connectivity index (χ2v) is 3.37. The molecule has 4 nitrogen and oxygen atoms in total. The van der Waals surface area contributed by atoms with E-state index in [1.807, 2.05) is 6.92 Å². The number of carbonyl (C=O) groups excluding carboxylic acids is 2. The fraction of sp³-hybridized carbons (Fsp3) is 0.714. The van der Waals surface area contributed by atoms with Crippen molar-refractivity contribution in [3.05, 3.63) is 0 Å². The zero-order valence-corrected chi connectivity index (χ0v) is 8.77. The van der Waals surface area contributed by atoms with Gasteiger partial charge in [-0.15, -0.1) is 0 Å². The van der Waals surface area contributed by atoms with Gasteiger partial charge in [0, 0.05) is 7.05 Å². The van der Waals surface area contributed by atoms with Crippen molar-refractivity contribution in [3.8, 4) is 0 Å². The Balaban J connectivity index is 3.64. The van der Waals surface area contributed by atoms with E-state index in [9.17, 15) is 9.59 Å². The van der Waals surface area contributed by atoms with E-state index in [1.54, 1.807) is 0 Å². The van der Waals surface area contributed by atoms with Crippen LogP contribution in [0.2, 0.25) is 0 Å². The molecule has 0 aliphatic heterocycles. The van der Waals surface area contributed by atoms with E-state index in [4.69, 9.17) is 0 Å². The SMILES string of the molecule is CCC(Br)C(=O)NCC(=O)NC. The molecule has 1 atom stereocenters. The lowest BCUT2D eigenvalue weighted by Crippen LogP contribution is -2.38. The molecule has 0 bridgehead atoms. The van der Waals surface area contributed by atoms with Crippen molar-refractivity contribution in [1.82, 2.24) is 10.6 Å². The Kier molecular flexibility index (Phi) is 5.70. The standard InChI is InChI=1S/C7H13BrN2O2/c1-3-5(8)7(12)10-4-6(11)9-2/h5H,3-4H2,1-2H3,(H,9,11)(H,10,12). The van der Waals surface area contributed by atoms with E-state index in [1.165, 1.54) is 7.05 Å². The average molecular weight is 237 g/mol. The van der Waals surface area contributed by atoms with Gasteiger partial charge in [0.1, 0.15) is 0 Å². The fourth-order valence-electron chi connectivity index (χ4n) is 0.552. The van der Waals surface area contributed by atoms with Crippen LogP contribution in [-0.2, 0) is 9.59 Å². The molecule has 0 radical (unpaired) electrons. The first-order valence-corrected chi connectivity index (χ1v) is 4.65. The summed E-state index contributed by atoms with van der Waals surface area (Å²) in [6.07, 6.45) is 0.708. The smallest absolute Gasteiger partial charge is 0.239 e. The van der Waals surface area contributed by atoms with Gasteiger partial charge in [-0.25, -0.2) is 0 Å². The van der Waals surface area contributed by atoms with Crippen molar-refractivity contribution in [2.75, 3.05) is 13.6 Å². The highest BCUT2D eigenvalue weighted by atomic mass is 79.9. The van der Waals surface area contributed by atoms with Gasteiger partial charge in [0.15, 0.2) is 0 Å². The van der Waals surface area contributed by atoms with Crippen LogP contribution in [0.5, 0.6) is 0 Å². The highest BCUT2D eigenvalue weighted by Gasteiger charge is 2.12. The topological polar surface area (TPSA) is 58.2 Å². The number of carbonyl (C=O) groups is 2. The van der Waals surface area contributed by atoms with Crippen molar-refractivity contribution >= 4 is 27.7 Å². The molecule has 0 aliphatic carbocycles. The highest BCUT2D eigenvalue weighted by molar-refractivity contribution is 9.10. The monoisotopic (exact) mass is 236 g/mol. The lowest BCUT2D eigenvalue weighted by Gasteiger charge is -2.07.